The quantitative estimate of drug-likeness (QED) is 0.613. The lowest BCUT2D eigenvalue weighted by molar-refractivity contribution is -0.136. The first kappa shape index (κ1) is 18.0. The lowest BCUT2D eigenvalue weighted by Gasteiger charge is -2.19. The van der Waals surface area contributed by atoms with Gasteiger partial charge in [0, 0.05) is 12.2 Å². The van der Waals surface area contributed by atoms with Crippen LogP contribution in [-0.2, 0) is 20.7 Å². The van der Waals surface area contributed by atoms with Crippen LogP contribution in [0.5, 0.6) is 0 Å². The van der Waals surface area contributed by atoms with Crippen LogP contribution in [0.4, 0.5) is 0 Å². The van der Waals surface area contributed by atoms with Gasteiger partial charge in [-0.1, -0.05) is 45.0 Å². The minimum absolute atomic E-state index is 0.138. The van der Waals surface area contributed by atoms with E-state index in [-0.39, 0.29) is 5.91 Å². The number of benzene rings is 1. The molecule has 128 valence electrons. The summed E-state index contributed by atoms with van der Waals surface area (Å²) in [7, 11) is 1.34. The predicted molar refractivity (Wildman–Crippen MR) is 95.1 cm³/mol. The highest BCUT2D eigenvalue weighted by Gasteiger charge is 2.36. The molecule has 0 saturated heterocycles. The predicted octanol–water partition coefficient (Wildman–Crippen LogP) is 3.58. The van der Waals surface area contributed by atoms with Crippen LogP contribution in [0.15, 0.2) is 41.1 Å². The van der Waals surface area contributed by atoms with E-state index >= 15 is 0 Å². The minimum atomic E-state index is -0.469. The molecule has 2 rings (SSSR count). The number of rotatable bonds is 5. The van der Waals surface area contributed by atoms with E-state index < -0.39 is 5.97 Å². The maximum Gasteiger partial charge on any atom is 0.340 e. The molecule has 0 bridgehead atoms. The molecule has 0 atom stereocenters. The molecule has 0 radical (unpaired) electrons. The zero-order valence-corrected chi connectivity index (χ0v) is 15.1. The Morgan fingerprint density at radius 1 is 1.25 bits per heavy atom. The van der Waals surface area contributed by atoms with Gasteiger partial charge in [-0.15, -0.1) is 0 Å². The number of nitrogens with zero attached hydrogens (tertiary/aromatic N) is 1. The lowest BCUT2D eigenvalue weighted by Crippen LogP contribution is -2.28. The van der Waals surface area contributed by atoms with Crippen molar-refractivity contribution in [2.24, 2.45) is 5.92 Å². The Balaban J connectivity index is 2.46. The summed E-state index contributed by atoms with van der Waals surface area (Å²) in [5.41, 5.74) is 3.57. The Hall–Kier alpha value is -2.36. The van der Waals surface area contributed by atoms with Gasteiger partial charge in [0.25, 0.3) is 5.91 Å². The van der Waals surface area contributed by atoms with Crippen molar-refractivity contribution in [2.45, 2.75) is 34.1 Å². The Morgan fingerprint density at radius 2 is 1.88 bits per heavy atom. The smallest absolute Gasteiger partial charge is 0.340 e. The van der Waals surface area contributed by atoms with Crippen LogP contribution < -0.4 is 0 Å². The first-order valence-corrected chi connectivity index (χ1v) is 8.31. The number of allylic oxidation sites excluding steroid dienone is 1. The van der Waals surface area contributed by atoms with Gasteiger partial charge in [0.05, 0.1) is 18.3 Å². The largest absolute Gasteiger partial charge is 0.465 e. The van der Waals surface area contributed by atoms with E-state index in [0.717, 1.165) is 12.0 Å². The van der Waals surface area contributed by atoms with Crippen LogP contribution in [0, 0.1) is 5.92 Å². The van der Waals surface area contributed by atoms with Gasteiger partial charge in [-0.3, -0.25) is 4.79 Å². The van der Waals surface area contributed by atoms with E-state index in [9.17, 15) is 9.59 Å². The standard InChI is InChI=1S/C20H25NO3/c1-6-15-7-9-16(10-8-15)11-17-18(20(23)24-5)14(4)21(19(17)22)12-13(2)3/h7-11,13H,6,12H2,1-5H3/b17-11-. The molecule has 1 heterocycles. The van der Waals surface area contributed by atoms with Crippen LogP contribution >= 0.6 is 0 Å². The fraction of sp³-hybridized carbons (Fsp3) is 0.400. The zero-order chi connectivity index (χ0) is 17.9. The van der Waals surface area contributed by atoms with Crippen molar-refractivity contribution in [3.8, 4) is 0 Å². The van der Waals surface area contributed by atoms with Crippen LogP contribution in [0.1, 0.15) is 38.8 Å². The lowest BCUT2D eigenvalue weighted by atomic mass is 10.0. The molecule has 0 N–H and O–H groups in total. The third-order valence-corrected chi connectivity index (χ3v) is 4.15. The van der Waals surface area contributed by atoms with Gasteiger partial charge in [-0.05, 0) is 36.5 Å². The molecular formula is C20H25NO3. The fourth-order valence-electron chi connectivity index (χ4n) is 2.83. The number of amides is 1. The van der Waals surface area contributed by atoms with Crippen molar-refractivity contribution >= 4 is 18.0 Å². The topological polar surface area (TPSA) is 46.6 Å². The number of hydrogen-bond acceptors (Lipinski definition) is 3. The third-order valence-electron chi connectivity index (χ3n) is 4.15. The van der Waals surface area contributed by atoms with E-state index in [1.54, 1.807) is 17.9 Å². The molecule has 1 aromatic rings. The molecule has 0 saturated carbocycles. The maximum atomic E-state index is 12.8. The monoisotopic (exact) mass is 327 g/mol. The molecule has 0 unspecified atom stereocenters. The average molecular weight is 327 g/mol. The molecule has 24 heavy (non-hydrogen) atoms. The summed E-state index contributed by atoms with van der Waals surface area (Å²) in [5, 5.41) is 0. The van der Waals surface area contributed by atoms with Crippen molar-refractivity contribution in [1.82, 2.24) is 4.90 Å². The third kappa shape index (κ3) is 3.58. The van der Waals surface area contributed by atoms with Gasteiger partial charge in [-0.25, -0.2) is 4.79 Å². The van der Waals surface area contributed by atoms with Crippen LogP contribution in [0.2, 0.25) is 0 Å². The van der Waals surface area contributed by atoms with Crippen LogP contribution in [0.3, 0.4) is 0 Å². The van der Waals surface area contributed by atoms with Gasteiger partial charge in [-0.2, -0.15) is 0 Å². The molecule has 1 aromatic carbocycles. The molecule has 1 amide bonds. The Bertz CT molecular complexity index is 696. The van der Waals surface area contributed by atoms with Crippen molar-refractivity contribution in [3.63, 3.8) is 0 Å². The van der Waals surface area contributed by atoms with Crippen molar-refractivity contribution in [3.05, 3.63) is 52.2 Å². The Morgan fingerprint density at radius 3 is 2.38 bits per heavy atom. The molecule has 0 spiro atoms. The first-order valence-electron chi connectivity index (χ1n) is 8.31. The van der Waals surface area contributed by atoms with Gasteiger partial charge in [0.15, 0.2) is 0 Å². The van der Waals surface area contributed by atoms with Gasteiger partial charge in [0.2, 0.25) is 0 Å². The minimum Gasteiger partial charge on any atom is -0.465 e. The number of aryl methyl sites for hydroxylation is 1. The normalized spacial score (nSPS) is 16.5. The number of carbonyl (C=O) groups excluding carboxylic acids is 2. The number of methoxy groups -OCH3 is 1. The SMILES string of the molecule is CCc1ccc(/C=C2\C(=O)N(CC(C)C)C(C)=C2C(=O)OC)cc1. The molecule has 0 fully saturated rings. The summed E-state index contributed by atoms with van der Waals surface area (Å²) in [6.45, 7) is 8.57. The van der Waals surface area contributed by atoms with E-state index in [1.165, 1.54) is 12.7 Å². The molecule has 4 heteroatoms. The highest BCUT2D eigenvalue weighted by atomic mass is 16.5. The Labute approximate surface area is 143 Å². The highest BCUT2D eigenvalue weighted by Crippen LogP contribution is 2.32. The second-order valence-corrected chi connectivity index (χ2v) is 6.41. The van der Waals surface area contributed by atoms with E-state index in [1.807, 2.05) is 38.1 Å². The zero-order valence-electron chi connectivity index (χ0n) is 15.1. The van der Waals surface area contributed by atoms with Crippen molar-refractivity contribution in [2.75, 3.05) is 13.7 Å². The first-order chi connectivity index (χ1) is 11.4. The van der Waals surface area contributed by atoms with E-state index in [0.29, 0.717) is 29.3 Å². The average Bonchev–Trinajstić information content (AvgIpc) is 2.79. The van der Waals surface area contributed by atoms with Crippen molar-refractivity contribution in [1.29, 1.82) is 0 Å². The molecule has 4 nitrogen and oxygen atoms in total. The molecule has 1 aliphatic heterocycles. The summed E-state index contributed by atoms with van der Waals surface area (Å²) >= 11 is 0. The summed E-state index contributed by atoms with van der Waals surface area (Å²) in [6.07, 6.45) is 2.74. The second-order valence-electron chi connectivity index (χ2n) is 6.41. The summed E-state index contributed by atoms with van der Waals surface area (Å²) in [5.74, 6) is -0.296. The number of hydrogen-bond donors (Lipinski definition) is 0. The highest BCUT2D eigenvalue weighted by molar-refractivity contribution is 6.16. The van der Waals surface area contributed by atoms with E-state index in [2.05, 4.69) is 6.92 Å². The fourth-order valence-corrected chi connectivity index (χ4v) is 2.83. The van der Waals surface area contributed by atoms with Crippen LogP contribution in [-0.4, -0.2) is 30.4 Å². The van der Waals surface area contributed by atoms with Gasteiger partial charge in [0.1, 0.15) is 0 Å². The number of esters is 1. The Kier molecular flexibility index (Phi) is 5.60. The molecule has 0 aromatic heterocycles. The van der Waals surface area contributed by atoms with Gasteiger partial charge < -0.3 is 9.64 Å². The molecule has 1 aliphatic rings. The number of ether oxygens (including phenoxy) is 1. The maximum absolute atomic E-state index is 12.8. The summed E-state index contributed by atoms with van der Waals surface area (Å²) in [4.78, 5) is 26.7. The van der Waals surface area contributed by atoms with Crippen LogP contribution in [0.25, 0.3) is 6.08 Å². The van der Waals surface area contributed by atoms with Crippen molar-refractivity contribution < 1.29 is 14.3 Å². The summed E-state index contributed by atoms with van der Waals surface area (Å²) in [6, 6.07) is 8.00. The molecule has 0 aliphatic carbocycles. The van der Waals surface area contributed by atoms with E-state index in [4.69, 9.17) is 4.74 Å². The summed E-state index contributed by atoms with van der Waals surface area (Å²) < 4.78 is 4.89. The van der Waals surface area contributed by atoms with Gasteiger partial charge >= 0.3 is 5.97 Å². The number of carbonyl (C=O) groups is 2. The second kappa shape index (κ2) is 7.47. The molecular weight excluding hydrogens is 302 g/mol.